The van der Waals surface area contributed by atoms with E-state index in [0.717, 1.165) is 19.4 Å². The average molecular weight is 197 g/mol. The summed E-state index contributed by atoms with van der Waals surface area (Å²) in [5, 5.41) is 3.10. The predicted octanol–water partition coefficient (Wildman–Crippen LogP) is 2.46. The molecule has 1 aromatic heterocycles. The molecule has 4 heteroatoms. The van der Waals surface area contributed by atoms with Gasteiger partial charge in [-0.1, -0.05) is 26.7 Å². The lowest BCUT2D eigenvalue weighted by molar-refractivity contribution is 0.517. The number of hydrogen-bond acceptors (Lipinski definition) is 3. The maximum absolute atomic E-state index is 12.7. The van der Waals surface area contributed by atoms with Crippen LogP contribution in [0.5, 0.6) is 0 Å². The molecule has 1 N–H and O–H groups in total. The first-order valence-electron chi connectivity index (χ1n) is 4.97. The van der Waals surface area contributed by atoms with E-state index in [4.69, 9.17) is 0 Å². The van der Waals surface area contributed by atoms with Crippen molar-refractivity contribution in [3.8, 4) is 0 Å². The van der Waals surface area contributed by atoms with Crippen LogP contribution in [0.1, 0.15) is 26.7 Å². The molecule has 0 spiro atoms. The summed E-state index contributed by atoms with van der Waals surface area (Å²) in [6.07, 6.45) is 3.47. The number of nitrogens with one attached hydrogen (secondary N) is 1. The molecule has 0 saturated carbocycles. The molecule has 0 atom stereocenters. The quantitative estimate of drug-likeness (QED) is 0.737. The summed E-state index contributed by atoms with van der Waals surface area (Å²) in [6.45, 7) is 5.14. The fraction of sp³-hybridized carbons (Fsp3) is 0.600. The van der Waals surface area contributed by atoms with Crippen LogP contribution in [0.2, 0.25) is 0 Å². The molecule has 14 heavy (non-hydrogen) atoms. The molecule has 1 aromatic rings. The van der Waals surface area contributed by atoms with Gasteiger partial charge in [-0.3, -0.25) is 0 Å². The number of hydrogen-bond donors (Lipinski definition) is 1. The largest absolute Gasteiger partial charge is 0.370 e. The van der Waals surface area contributed by atoms with Crippen molar-refractivity contribution in [2.24, 2.45) is 5.92 Å². The highest BCUT2D eigenvalue weighted by Gasteiger charge is 2.03. The van der Waals surface area contributed by atoms with E-state index in [2.05, 4.69) is 29.1 Å². The van der Waals surface area contributed by atoms with Crippen LogP contribution in [0.15, 0.2) is 12.4 Å². The van der Waals surface area contributed by atoms with E-state index in [0.29, 0.717) is 11.7 Å². The van der Waals surface area contributed by atoms with Crippen molar-refractivity contribution in [3.05, 3.63) is 18.3 Å². The van der Waals surface area contributed by atoms with Crippen molar-refractivity contribution in [1.82, 2.24) is 9.97 Å². The molecular weight excluding hydrogens is 181 g/mol. The van der Waals surface area contributed by atoms with Crippen molar-refractivity contribution in [1.29, 1.82) is 0 Å². The van der Waals surface area contributed by atoms with Crippen LogP contribution in [-0.2, 0) is 0 Å². The van der Waals surface area contributed by atoms with Crippen LogP contribution in [0.25, 0.3) is 0 Å². The first kappa shape index (κ1) is 10.9. The monoisotopic (exact) mass is 197 g/mol. The van der Waals surface area contributed by atoms with Gasteiger partial charge in [-0.15, -0.1) is 0 Å². The van der Waals surface area contributed by atoms with E-state index in [1.54, 1.807) is 0 Å². The molecule has 0 fully saturated rings. The van der Waals surface area contributed by atoms with E-state index >= 15 is 0 Å². The molecule has 0 aliphatic rings. The lowest BCUT2D eigenvalue weighted by Gasteiger charge is -2.13. The van der Waals surface area contributed by atoms with Crippen LogP contribution in [0, 0.1) is 11.9 Å². The molecule has 0 amide bonds. The standard InChI is InChI=1S/C10H16FN3/c1-3-8(4-2)6-12-10-5-9(11)13-7-14-10/h5,7-8H,3-4,6H2,1-2H3,(H,12,13,14). The highest BCUT2D eigenvalue weighted by Crippen LogP contribution is 2.09. The molecule has 0 bridgehead atoms. The van der Waals surface area contributed by atoms with Gasteiger partial charge in [0.15, 0.2) is 0 Å². The summed E-state index contributed by atoms with van der Waals surface area (Å²) in [4.78, 5) is 7.31. The number of halogens is 1. The van der Waals surface area contributed by atoms with Crippen LogP contribution in [0.4, 0.5) is 10.2 Å². The highest BCUT2D eigenvalue weighted by atomic mass is 19.1. The maximum Gasteiger partial charge on any atom is 0.217 e. The van der Waals surface area contributed by atoms with Crippen molar-refractivity contribution >= 4 is 5.82 Å². The maximum atomic E-state index is 12.7. The van der Waals surface area contributed by atoms with Crippen LogP contribution < -0.4 is 5.32 Å². The number of anilines is 1. The molecule has 0 aliphatic carbocycles. The molecule has 0 radical (unpaired) electrons. The third-order valence-electron chi connectivity index (χ3n) is 2.36. The Kier molecular flexibility index (Phi) is 4.29. The molecule has 3 nitrogen and oxygen atoms in total. The summed E-state index contributed by atoms with van der Waals surface area (Å²) >= 11 is 0. The van der Waals surface area contributed by atoms with Gasteiger partial charge in [-0.25, -0.2) is 9.97 Å². The smallest absolute Gasteiger partial charge is 0.217 e. The van der Waals surface area contributed by atoms with Crippen LogP contribution in [-0.4, -0.2) is 16.5 Å². The van der Waals surface area contributed by atoms with E-state index in [1.807, 2.05) is 0 Å². The minimum absolute atomic E-state index is 0.493. The molecule has 0 saturated heterocycles. The second kappa shape index (κ2) is 5.52. The van der Waals surface area contributed by atoms with Gasteiger partial charge in [0.2, 0.25) is 5.95 Å². The van der Waals surface area contributed by atoms with E-state index < -0.39 is 5.95 Å². The first-order valence-corrected chi connectivity index (χ1v) is 4.97. The Bertz CT molecular complexity index is 274. The Labute approximate surface area is 83.8 Å². The Hall–Kier alpha value is -1.19. The zero-order valence-corrected chi connectivity index (χ0v) is 8.63. The SMILES string of the molecule is CCC(CC)CNc1cc(F)ncn1. The first-order chi connectivity index (χ1) is 6.76. The molecule has 1 heterocycles. The van der Waals surface area contributed by atoms with Crippen molar-refractivity contribution in [2.45, 2.75) is 26.7 Å². The van der Waals surface area contributed by atoms with Gasteiger partial charge >= 0.3 is 0 Å². The molecule has 78 valence electrons. The zero-order valence-electron chi connectivity index (χ0n) is 8.63. The van der Waals surface area contributed by atoms with Crippen molar-refractivity contribution in [2.75, 3.05) is 11.9 Å². The molecular formula is C10H16FN3. The van der Waals surface area contributed by atoms with Gasteiger partial charge in [0.1, 0.15) is 12.1 Å². The minimum Gasteiger partial charge on any atom is -0.370 e. The lowest BCUT2D eigenvalue weighted by atomic mass is 10.0. The molecule has 0 aromatic carbocycles. The van der Waals surface area contributed by atoms with Crippen molar-refractivity contribution < 1.29 is 4.39 Å². The van der Waals surface area contributed by atoms with E-state index in [9.17, 15) is 4.39 Å². The average Bonchev–Trinajstić information content (AvgIpc) is 2.19. The molecule has 1 rings (SSSR count). The van der Waals surface area contributed by atoms with Gasteiger partial charge in [0.25, 0.3) is 0 Å². The highest BCUT2D eigenvalue weighted by molar-refractivity contribution is 5.31. The molecule has 0 unspecified atom stereocenters. The third kappa shape index (κ3) is 3.28. The predicted molar refractivity (Wildman–Crippen MR) is 54.6 cm³/mol. The van der Waals surface area contributed by atoms with Gasteiger partial charge in [0.05, 0.1) is 0 Å². The topological polar surface area (TPSA) is 37.8 Å². The van der Waals surface area contributed by atoms with Crippen LogP contribution in [0.3, 0.4) is 0 Å². The fourth-order valence-electron chi connectivity index (χ4n) is 1.26. The fourth-order valence-corrected chi connectivity index (χ4v) is 1.26. The summed E-state index contributed by atoms with van der Waals surface area (Å²) in [5.74, 6) is 0.685. The third-order valence-corrected chi connectivity index (χ3v) is 2.36. The van der Waals surface area contributed by atoms with Gasteiger partial charge < -0.3 is 5.32 Å². The zero-order chi connectivity index (χ0) is 10.4. The Morgan fingerprint density at radius 1 is 1.36 bits per heavy atom. The van der Waals surface area contributed by atoms with Crippen molar-refractivity contribution in [3.63, 3.8) is 0 Å². The van der Waals surface area contributed by atoms with Gasteiger partial charge in [-0.2, -0.15) is 4.39 Å². The normalized spacial score (nSPS) is 10.6. The lowest BCUT2D eigenvalue weighted by Crippen LogP contribution is -2.13. The summed E-state index contributed by atoms with van der Waals surface area (Å²) in [5.41, 5.74) is 0. The Morgan fingerprint density at radius 3 is 2.64 bits per heavy atom. The summed E-state index contributed by atoms with van der Waals surface area (Å²) < 4.78 is 12.7. The number of aromatic nitrogens is 2. The second-order valence-corrected chi connectivity index (χ2v) is 3.29. The number of nitrogens with zero attached hydrogens (tertiary/aromatic N) is 2. The van der Waals surface area contributed by atoms with Crippen LogP contribution >= 0.6 is 0 Å². The summed E-state index contributed by atoms with van der Waals surface area (Å²) in [7, 11) is 0. The Balaban J connectivity index is 2.44. The number of rotatable bonds is 5. The minimum atomic E-state index is -0.493. The Morgan fingerprint density at radius 2 is 2.07 bits per heavy atom. The molecule has 0 aliphatic heterocycles. The van der Waals surface area contributed by atoms with Gasteiger partial charge in [-0.05, 0) is 5.92 Å². The second-order valence-electron chi connectivity index (χ2n) is 3.29. The van der Waals surface area contributed by atoms with Gasteiger partial charge in [0, 0.05) is 12.6 Å². The summed E-state index contributed by atoms with van der Waals surface area (Å²) in [6, 6.07) is 1.31. The van der Waals surface area contributed by atoms with E-state index in [1.165, 1.54) is 12.4 Å². The van der Waals surface area contributed by atoms with E-state index in [-0.39, 0.29) is 0 Å².